The van der Waals surface area contributed by atoms with Gasteiger partial charge in [-0.25, -0.2) is 2.95 Å². The Kier molecular flexibility index (Phi) is 7.56. The predicted octanol–water partition coefficient (Wildman–Crippen LogP) is 7.63. The van der Waals surface area contributed by atoms with Gasteiger partial charge in [0.05, 0.1) is 38.0 Å². The Hall–Kier alpha value is 3.02. The van der Waals surface area contributed by atoms with Crippen LogP contribution < -0.4 is 2.95 Å². The third-order valence-electron chi connectivity index (χ3n) is 1.03. The fourth-order valence-corrected chi connectivity index (χ4v) is 2.15. The third-order valence-corrected chi connectivity index (χ3v) is 2.47. The molecule has 0 saturated heterocycles. The first-order chi connectivity index (χ1) is 7.16. The van der Waals surface area contributed by atoms with E-state index in [1.165, 1.54) is 0 Å². The van der Waals surface area contributed by atoms with E-state index >= 15 is 0 Å². The van der Waals surface area contributed by atoms with E-state index in [-0.39, 0.29) is 0 Å². The van der Waals surface area contributed by atoms with Crippen molar-refractivity contribution in [1.29, 1.82) is 0 Å². The molecular weight excluding hydrogens is 660 g/mol. The van der Waals surface area contributed by atoms with E-state index in [4.69, 9.17) is 53.0 Å². The van der Waals surface area contributed by atoms with Crippen LogP contribution in [0.15, 0.2) is 28.7 Å². The van der Waals surface area contributed by atoms with Crippen molar-refractivity contribution in [2.45, 2.75) is 0 Å². The van der Waals surface area contributed by atoms with Gasteiger partial charge in [-0.1, -0.05) is 12.1 Å². The summed E-state index contributed by atoms with van der Waals surface area (Å²) in [6.07, 6.45) is 0. The van der Waals surface area contributed by atoms with Crippen LogP contribution in [0, 0.1) is 0 Å². The Labute approximate surface area is 145 Å². The molecular formula is C6H4Br3Cl6NSb-. The van der Waals surface area contributed by atoms with Crippen LogP contribution in [-0.2, 0) is 0 Å². The van der Waals surface area contributed by atoms with Gasteiger partial charge in [-0.05, 0) is 28.1 Å². The number of hydrogen-bond acceptors (Lipinski definition) is 1. The second-order valence-corrected chi connectivity index (χ2v) is 62.8. The van der Waals surface area contributed by atoms with Crippen molar-refractivity contribution < 1.29 is 0 Å². The second-order valence-electron chi connectivity index (χ2n) is 2.64. The van der Waals surface area contributed by atoms with Gasteiger partial charge in [0.2, 0.25) is 0 Å². The van der Waals surface area contributed by atoms with Crippen molar-refractivity contribution in [3.63, 3.8) is 0 Å². The summed E-state index contributed by atoms with van der Waals surface area (Å²) in [4.78, 5) is 0. The molecule has 0 amide bonds. The number of para-hydroxylation sites is 1. The molecule has 0 aliphatic carbocycles. The van der Waals surface area contributed by atoms with Gasteiger partial charge >= 0.3 is 62.1 Å². The Morgan fingerprint density at radius 3 is 1.47 bits per heavy atom. The van der Waals surface area contributed by atoms with Gasteiger partial charge in [0.25, 0.3) is 0 Å². The Morgan fingerprint density at radius 2 is 1.24 bits per heavy atom. The molecule has 0 heterocycles. The van der Waals surface area contributed by atoms with Crippen molar-refractivity contribution >= 4 is 116 Å². The molecule has 1 aromatic rings. The van der Waals surface area contributed by atoms with E-state index < -0.39 is 9.14 Å². The molecule has 0 atom stereocenters. The zero-order valence-corrected chi connectivity index (χ0v) is 19.5. The van der Waals surface area contributed by atoms with Gasteiger partial charge < -0.3 is 0 Å². The van der Waals surface area contributed by atoms with E-state index in [9.17, 15) is 0 Å². The summed E-state index contributed by atoms with van der Waals surface area (Å²) in [6, 6.07) is 7.89. The Morgan fingerprint density at radius 1 is 0.882 bits per heavy atom. The number of rotatable bonds is 1. The second kappa shape index (κ2) is 6.42. The zero-order valence-electron chi connectivity index (χ0n) is 7.61. The average molecular weight is 664 g/mol. The van der Waals surface area contributed by atoms with Gasteiger partial charge in [-0.3, -0.25) is 0 Å². The molecule has 0 aromatic heterocycles. The quantitative estimate of drug-likeness (QED) is 0.221. The molecule has 0 fully saturated rings. The monoisotopic (exact) mass is 658 g/mol. The van der Waals surface area contributed by atoms with Crippen LogP contribution in [0.4, 0.5) is 5.69 Å². The Balaban J connectivity index is 0.000000325. The molecule has 0 spiro atoms. The number of halogens is 9. The van der Waals surface area contributed by atoms with Crippen LogP contribution in [0.1, 0.15) is 0 Å². The van der Waals surface area contributed by atoms with Gasteiger partial charge in [0.15, 0.2) is 0 Å². The SMILES string of the molecule is Brc1ccccc1N(Br)Br.[Cl][Sb-]([Cl])([Cl])([Cl])([Cl])[Cl]. The summed E-state index contributed by atoms with van der Waals surface area (Å²) in [7, 11) is 25.0. The molecule has 0 radical (unpaired) electrons. The molecule has 0 saturated carbocycles. The number of benzene rings is 1. The van der Waals surface area contributed by atoms with E-state index in [2.05, 4.69) is 48.2 Å². The van der Waals surface area contributed by atoms with Gasteiger partial charge in [-0.15, -0.1) is 0 Å². The molecule has 0 N–H and O–H groups in total. The van der Waals surface area contributed by atoms with Crippen molar-refractivity contribution in [2.75, 3.05) is 2.95 Å². The molecule has 1 nitrogen and oxygen atoms in total. The molecule has 0 aliphatic rings. The summed E-state index contributed by atoms with van der Waals surface area (Å²) >= 11 is 9.90. The average Bonchev–Trinajstić information content (AvgIpc) is 1.98. The minimum atomic E-state index is -5.42. The summed E-state index contributed by atoms with van der Waals surface area (Å²) in [6.45, 7) is 0. The number of anilines is 1. The van der Waals surface area contributed by atoms with E-state index in [0.29, 0.717) is 0 Å². The van der Waals surface area contributed by atoms with Crippen LogP contribution in [0.5, 0.6) is 0 Å². The first-order valence-electron chi connectivity index (χ1n) is 3.59. The van der Waals surface area contributed by atoms with Crippen LogP contribution in [0.3, 0.4) is 0 Å². The predicted molar refractivity (Wildman–Crippen MR) is 95.3 cm³/mol. The molecule has 102 valence electrons. The van der Waals surface area contributed by atoms with Crippen LogP contribution >= 0.6 is 101 Å². The first kappa shape index (κ1) is 20.0. The summed E-state index contributed by atoms with van der Waals surface area (Å²) in [5, 5.41) is 0. The van der Waals surface area contributed by atoms with Crippen molar-refractivity contribution in [3.8, 4) is 0 Å². The molecule has 1 aromatic carbocycles. The maximum absolute atomic E-state index is 5.42. The first-order valence-corrected chi connectivity index (χ1v) is 25.2. The summed E-state index contributed by atoms with van der Waals surface area (Å²) in [5.41, 5.74) is 1.04. The van der Waals surface area contributed by atoms with Crippen LogP contribution in [0.2, 0.25) is 0 Å². The standard InChI is InChI=1S/C6H4Br3N.6ClH.Sb/c7-5-3-1-2-4-6(5)10(8)9;;;;;;;/h1-4H;6*1H;/q;;;;;;;+5/p-6. The molecule has 0 aliphatic heterocycles. The van der Waals surface area contributed by atoms with Gasteiger partial charge in [0.1, 0.15) is 0 Å². The summed E-state index contributed by atoms with van der Waals surface area (Å²) < 4.78 is 2.74. The van der Waals surface area contributed by atoms with E-state index in [1.807, 2.05) is 24.3 Å². The maximum atomic E-state index is 5.06. The van der Waals surface area contributed by atoms with Crippen LogP contribution in [0.25, 0.3) is 0 Å². The zero-order chi connectivity index (χ0) is 14.0. The minimum absolute atomic E-state index is 1.04. The Bertz CT molecular complexity index is 379. The number of hydrogen-bond donors (Lipinski definition) is 0. The molecule has 11 heteroatoms. The molecule has 0 bridgehead atoms. The van der Waals surface area contributed by atoms with E-state index in [0.717, 1.165) is 10.2 Å². The van der Waals surface area contributed by atoms with E-state index in [1.54, 1.807) is 2.95 Å². The molecule has 0 unspecified atom stereocenters. The van der Waals surface area contributed by atoms with Gasteiger partial charge in [-0.2, -0.15) is 0 Å². The molecule has 17 heavy (non-hydrogen) atoms. The fraction of sp³-hybridized carbons (Fsp3) is 0. The van der Waals surface area contributed by atoms with Gasteiger partial charge in [0, 0.05) is 4.47 Å². The van der Waals surface area contributed by atoms with Crippen molar-refractivity contribution in [1.82, 2.24) is 0 Å². The normalized spacial score (nSPS) is 15.1. The van der Waals surface area contributed by atoms with Crippen LogP contribution in [-0.4, -0.2) is 9.14 Å². The fourth-order valence-electron chi connectivity index (χ4n) is 0.589. The topological polar surface area (TPSA) is 3.24 Å². The number of nitrogens with zero attached hydrogens (tertiary/aromatic N) is 1. The van der Waals surface area contributed by atoms with Crippen molar-refractivity contribution in [3.05, 3.63) is 28.7 Å². The third kappa shape index (κ3) is 17.0. The van der Waals surface area contributed by atoms with Crippen molar-refractivity contribution in [2.24, 2.45) is 0 Å². The molecule has 1 rings (SSSR count). The summed E-state index contributed by atoms with van der Waals surface area (Å²) in [5.74, 6) is 0.